The second-order valence-corrected chi connectivity index (χ2v) is 7.22. The molecule has 9 nitrogen and oxygen atoms in total. The van der Waals surface area contributed by atoms with Crippen LogP contribution in [0.15, 0.2) is 30.7 Å². The lowest BCUT2D eigenvalue weighted by atomic mass is 10.1. The predicted octanol–water partition coefficient (Wildman–Crippen LogP) is 2.79. The van der Waals surface area contributed by atoms with Crippen molar-refractivity contribution in [3.05, 3.63) is 30.7 Å². The topological polar surface area (TPSA) is 111 Å². The van der Waals surface area contributed by atoms with Crippen LogP contribution in [0.5, 0.6) is 5.75 Å². The Kier molecular flexibility index (Phi) is 3.79. The number of carbonyl (C=O) groups excluding carboxylic acids is 1. The number of pyridine rings is 1. The summed E-state index contributed by atoms with van der Waals surface area (Å²) >= 11 is 0. The molecule has 0 saturated carbocycles. The van der Waals surface area contributed by atoms with Crippen LogP contribution in [0.25, 0.3) is 33.6 Å². The second-order valence-electron chi connectivity index (χ2n) is 7.22. The molecule has 27 heavy (non-hydrogen) atoms. The molecule has 0 radical (unpaired) electrons. The molecule has 0 saturated heterocycles. The van der Waals surface area contributed by atoms with Crippen LogP contribution in [0.1, 0.15) is 20.8 Å². The van der Waals surface area contributed by atoms with Gasteiger partial charge in [-0.05, 0) is 32.9 Å². The van der Waals surface area contributed by atoms with Crippen LogP contribution >= 0.6 is 0 Å². The van der Waals surface area contributed by atoms with Crippen LogP contribution in [-0.4, -0.2) is 41.3 Å². The van der Waals surface area contributed by atoms with E-state index in [1.165, 1.54) is 0 Å². The molecule has 0 aliphatic heterocycles. The largest absolute Gasteiger partial charge is 0.413 e. The average Bonchev–Trinajstić information content (AvgIpc) is 3.15. The highest BCUT2D eigenvalue weighted by Crippen LogP contribution is 2.28. The molecule has 9 heteroatoms. The van der Waals surface area contributed by atoms with Crippen LogP contribution in [0.3, 0.4) is 0 Å². The van der Waals surface area contributed by atoms with E-state index in [1.54, 1.807) is 23.3 Å². The summed E-state index contributed by atoms with van der Waals surface area (Å²) in [5, 5.41) is 8.13. The fourth-order valence-corrected chi connectivity index (χ4v) is 2.77. The Morgan fingerprint density at radius 1 is 1.30 bits per heavy atom. The van der Waals surface area contributed by atoms with E-state index < -0.39 is 11.6 Å². The van der Waals surface area contributed by atoms with Crippen molar-refractivity contribution in [1.82, 2.24) is 35.0 Å². The number of aromatic amines is 1. The molecule has 2 N–H and O–H groups in total. The average molecular weight is 365 g/mol. The number of fused-ring (bicyclic) bond motifs is 2. The third-order valence-electron chi connectivity index (χ3n) is 3.87. The number of amides is 1. The smallest absolute Gasteiger partial charge is 0.406 e. The molecule has 138 valence electrons. The Morgan fingerprint density at radius 2 is 2.11 bits per heavy atom. The minimum Gasteiger partial charge on any atom is -0.406 e. The normalized spacial score (nSPS) is 11.9. The minimum atomic E-state index is -0.553. The van der Waals surface area contributed by atoms with Gasteiger partial charge >= 0.3 is 6.09 Å². The Balaban J connectivity index is 1.75. The zero-order valence-electron chi connectivity index (χ0n) is 15.4. The minimum absolute atomic E-state index is 0.305. The molecule has 4 aromatic rings. The lowest BCUT2D eigenvalue weighted by Gasteiger charge is -2.19. The van der Waals surface area contributed by atoms with Gasteiger partial charge in [-0.25, -0.2) is 24.4 Å². The van der Waals surface area contributed by atoms with Crippen molar-refractivity contribution in [2.45, 2.75) is 26.3 Å². The van der Waals surface area contributed by atoms with Gasteiger partial charge in [-0.3, -0.25) is 0 Å². The summed E-state index contributed by atoms with van der Waals surface area (Å²) in [6.45, 7) is 5.63. The Labute approximate surface area is 154 Å². The van der Waals surface area contributed by atoms with Crippen LogP contribution in [0.2, 0.25) is 0 Å². The Hall–Kier alpha value is -3.49. The second kappa shape index (κ2) is 6.04. The van der Waals surface area contributed by atoms with Crippen molar-refractivity contribution < 1.29 is 9.53 Å². The molecule has 4 aromatic heterocycles. The number of carbonyl (C=O) groups is 1. The van der Waals surface area contributed by atoms with Gasteiger partial charge in [0.1, 0.15) is 11.4 Å². The van der Waals surface area contributed by atoms with Gasteiger partial charge in [0.2, 0.25) is 0 Å². The van der Waals surface area contributed by atoms with Crippen molar-refractivity contribution in [1.29, 1.82) is 0 Å². The number of ether oxygens (including phenoxy) is 1. The molecular formula is C18H19N7O2. The van der Waals surface area contributed by atoms with E-state index in [9.17, 15) is 4.79 Å². The molecule has 0 unspecified atom stereocenters. The number of hydrogen-bond donors (Lipinski definition) is 2. The first kappa shape index (κ1) is 17.0. The summed E-state index contributed by atoms with van der Waals surface area (Å²) in [6, 6.07) is 3.78. The van der Waals surface area contributed by atoms with Crippen LogP contribution < -0.4 is 10.1 Å². The van der Waals surface area contributed by atoms with Gasteiger partial charge in [0.05, 0.1) is 6.20 Å². The van der Waals surface area contributed by atoms with E-state index >= 15 is 0 Å². The molecule has 4 heterocycles. The first-order chi connectivity index (χ1) is 12.8. The molecule has 0 spiro atoms. The first-order valence-electron chi connectivity index (χ1n) is 8.44. The summed E-state index contributed by atoms with van der Waals surface area (Å²) in [5.74, 6) is 0.305. The summed E-state index contributed by atoms with van der Waals surface area (Å²) in [4.78, 5) is 28.4. The third-order valence-corrected chi connectivity index (χ3v) is 3.87. The standard InChI is InChI=1S/C18H19N7O2/c1-18(2,3)23-17(26)27-12-9-21-15-14(12)22-11(8-20-15)13-10-6-5-7-19-16(10)25(4)24-13/h5-9H,1-4H3,(H,20,21)(H,23,26). The highest BCUT2D eigenvalue weighted by atomic mass is 16.6. The summed E-state index contributed by atoms with van der Waals surface area (Å²) in [7, 11) is 1.83. The first-order valence-corrected chi connectivity index (χ1v) is 8.44. The van der Waals surface area contributed by atoms with Gasteiger partial charge in [0.25, 0.3) is 0 Å². The monoisotopic (exact) mass is 365 g/mol. The highest BCUT2D eigenvalue weighted by molar-refractivity contribution is 5.91. The van der Waals surface area contributed by atoms with Crippen molar-refractivity contribution in [2.75, 3.05) is 0 Å². The number of aryl methyl sites for hydroxylation is 1. The molecule has 0 bridgehead atoms. The van der Waals surface area contributed by atoms with E-state index in [2.05, 4.69) is 30.4 Å². The lowest BCUT2D eigenvalue weighted by Crippen LogP contribution is -2.42. The summed E-state index contributed by atoms with van der Waals surface area (Å²) in [5.41, 5.74) is 2.57. The van der Waals surface area contributed by atoms with Gasteiger partial charge < -0.3 is 15.0 Å². The van der Waals surface area contributed by atoms with E-state index in [4.69, 9.17) is 4.74 Å². The van der Waals surface area contributed by atoms with Gasteiger partial charge in [0, 0.05) is 30.4 Å². The van der Waals surface area contributed by atoms with Crippen molar-refractivity contribution in [3.63, 3.8) is 0 Å². The quantitative estimate of drug-likeness (QED) is 0.565. The number of aromatic nitrogens is 6. The number of hydrogen-bond acceptors (Lipinski definition) is 6. The molecular weight excluding hydrogens is 346 g/mol. The van der Waals surface area contributed by atoms with E-state index in [0.29, 0.717) is 28.3 Å². The summed E-state index contributed by atoms with van der Waals surface area (Å²) < 4.78 is 7.10. The maximum atomic E-state index is 12.1. The van der Waals surface area contributed by atoms with E-state index in [0.717, 1.165) is 11.0 Å². The van der Waals surface area contributed by atoms with Crippen molar-refractivity contribution in [2.24, 2.45) is 7.05 Å². The molecule has 4 rings (SSSR count). The maximum Gasteiger partial charge on any atom is 0.413 e. The fourth-order valence-electron chi connectivity index (χ4n) is 2.77. The van der Waals surface area contributed by atoms with Gasteiger partial charge in [-0.2, -0.15) is 5.10 Å². The number of H-pyrrole nitrogens is 1. The van der Waals surface area contributed by atoms with Crippen LogP contribution in [-0.2, 0) is 7.05 Å². The maximum absolute atomic E-state index is 12.1. The Bertz CT molecular complexity index is 1150. The van der Waals surface area contributed by atoms with Gasteiger partial charge in [0.15, 0.2) is 22.6 Å². The zero-order chi connectivity index (χ0) is 19.2. The van der Waals surface area contributed by atoms with Gasteiger partial charge in [-0.15, -0.1) is 0 Å². The Morgan fingerprint density at radius 3 is 2.89 bits per heavy atom. The molecule has 0 aliphatic rings. The highest BCUT2D eigenvalue weighted by Gasteiger charge is 2.19. The molecule has 1 amide bonds. The van der Waals surface area contributed by atoms with Crippen molar-refractivity contribution >= 4 is 28.3 Å². The molecule has 0 fully saturated rings. The summed E-state index contributed by atoms with van der Waals surface area (Å²) in [6.07, 6.45) is 4.36. The lowest BCUT2D eigenvalue weighted by molar-refractivity contribution is 0.191. The fraction of sp³-hybridized carbons (Fsp3) is 0.278. The number of nitrogens with zero attached hydrogens (tertiary/aromatic N) is 5. The zero-order valence-corrected chi connectivity index (χ0v) is 15.4. The van der Waals surface area contributed by atoms with Crippen LogP contribution in [0.4, 0.5) is 4.79 Å². The molecule has 0 aliphatic carbocycles. The SMILES string of the molecule is Cn1nc(-c2cnc3[nH]cc(OC(=O)NC(C)(C)C)c3n2)c2cccnc21. The van der Waals surface area contributed by atoms with Gasteiger partial charge in [-0.1, -0.05) is 0 Å². The van der Waals surface area contributed by atoms with Crippen molar-refractivity contribution in [3.8, 4) is 17.1 Å². The van der Waals surface area contributed by atoms with Crippen LogP contribution in [0, 0.1) is 0 Å². The predicted molar refractivity (Wildman–Crippen MR) is 100 cm³/mol. The number of rotatable bonds is 2. The third kappa shape index (κ3) is 3.19. The molecule has 0 atom stereocenters. The van der Waals surface area contributed by atoms with E-state index in [-0.39, 0.29) is 0 Å². The molecule has 0 aromatic carbocycles. The number of nitrogens with one attached hydrogen (secondary N) is 2. The van der Waals surface area contributed by atoms with E-state index in [1.807, 2.05) is 40.0 Å².